The number of carbonyl (C=O) groups is 2. The van der Waals surface area contributed by atoms with Crippen molar-refractivity contribution in [1.29, 1.82) is 5.41 Å². The zero-order valence-electron chi connectivity index (χ0n) is 19.7. The van der Waals surface area contributed by atoms with Gasteiger partial charge in [0.25, 0.3) is 0 Å². The predicted octanol–water partition coefficient (Wildman–Crippen LogP) is 2.62. The summed E-state index contributed by atoms with van der Waals surface area (Å²) in [5.41, 5.74) is 6.41. The smallest absolute Gasteiger partial charge is 0.243 e. The standard InChI is InChI=1S/C25H39N5O3/c1-2-12-28-20(14-17-7-4-3-5-8-17)25(33)30-13-6-9-21(30)24(32)29-16-18-10-11-19(23(26)27)22(31)15-18/h10-11,15,17,20-21,28,31H,2-9,12-14,16H2,1H3,(H3,26,27)(H,29,32)/t20-,21+/m1/s1. The van der Waals surface area contributed by atoms with Crippen LogP contribution in [0, 0.1) is 11.3 Å². The molecule has 1 aliphatic heterocycles. The molecular weight excluding hydrogens is 418 g/mol. The summed E-state index contributed by atoms with van der Waals surface area (Å²) >= 11 is 0. The normalized spacial score (nSPS) is 19.9. The second-order valence-corrected chi connectivity index (χ2v) is 9.42. The minimum absolute atomic E-state index is 0.0510. The summed E-state index contributed by atoms with van der Waals surface area (Å²) in [6.07, 6.45) is 9.47. The van der Waals surface area contributed by atoms with Crippen LogP contribution in [-0.2, 0) is 16.1 Å². The van der Waals surface area contributed by atoms with Gasteiger partial charge in [-0.3, -0.25) is 15.0 Å². The highest BCUT2D eigenvalue weighted by Gasteiger charge is 2.37. The molecule has 2 fully saturated rings. The summed E-state index contributed by atoms with van der Waals surface area (Å²) in [5, 5.41) is 23.9. The number of nitrogen functional groups attached to an aromatic ring is 1. The van der Waals surface area contributed by atoms with Crippen LogP contribution in [0.5, 0.6) is 5.75 Å². The number of nitrogens with zero attached hydrogens (tertiary/aromatic N) is 1. The van der Waals surface area contributed by atoms with Gasteiger partial charge in [-0.15, -0.1) is 0 Å². The van der Waals surface area contributed by atoms with Gasteiger partial charge in [0.2, 0.25) is 11.8 Å². The Balaban J connectivity index is 1.61. The van der Waals surface area contributed by atoms with Crippen molar-refractivity contribution in [3.63, 3.8) is 0 Å². The summed E-state index contributed by atoms with van der Waals surface area (Å²) in [6, 6.07) is 4.12. The maximum Gasteiger partial charge on any atom is 0.243 e. The highest BCUT2D eigenvalue weighted by Crippen LogP contribution is 2.29. The lowest BCUT2D eigenvalue weighted by molar-refractivity contribution is -0.140. The van der Waals surface area contributed by atoms with E-state index in [9.17, 15) is 14.7 Å². The number of phenolic OH excluding ortho intramolecular Hbond substituents is 1. The molecule has 1 heterocycles. The van der Waals surface area contributed by atoms with Crippen LogP contribution < -0.4 is 16.4 Å². The number of carbonyl (C=O) groups excluding carboxylic acids is 2. The van der Waals surface area contributed by atoms with E-state index in [2.05, 4.69) is 17.6 Å². The van der Waals surface area contributed by atoms with Crippen molar-refractivity contribution in [3.8, 4) is 5.75 Å². The molecule has 182 valence electrons. The molecule has 8 heteroatoms. The fourth-order valence-electron chi connectivity index (χ4n) is 5.07. The molecule has 33 heavy (non-hydrogen) atoms. The van der Waals surface area contributed by atoms with Gasteiger partial charge in [-0.1, -0.05) is 45.1 Å². The van der Waals surface area contributed by atoms with Crippen LogP contribution >= 0.6 is 0 Å². The summed E-state index contributed by atoms with van der Waals surface area (Å²) in [6.45, 7) is 3.75. The van der Waals surface area contributed by atoms with E-state index in [0.717, 1.165) is 25.8 Å². The number of amides is 2. The van der Waals surface area contributed by atoms with Gasteiger partial charge in [0, 0.05) is 13.1 Å². The van der Waals surface area contributed by atoms with E-state index in [1.165, 1.54) is 38.2 Å². The Morgan fingerprint density at radius 3 is 2.64 bits per heavy atom. The second kappa shape index (κ2) is 12.0. The lowest BCUT2D eigenvalue weighted by Gasteiger charge is -2.31. The SMILES string of the molecule is CCCN[C@H](CC1CCCCC1)C(=O)N1CCC[C@H]1C(=O)NCc1ccc(C(=N)N)c(O)c1. The Bertz CT molecular complexity index is 837. The third-order valence-electron chi connectivity index (χ3n) is 6.89. The Morgan fingerprint density at radius 2 is 1.97 bits per heavy atom. The van der Waals surface area contributed by atoms with Gasteiger partial charge in [-0.2, -0.15) is 0 Å². The first-order valence-corrected chi connectivity index (χ1v) is 12.4. The van der Waals surface area contributed by atoms with Crippen LogP contribution in [0.3, 0.4) is 0 Å². The number of rotatable bonds is 10. The van der Waals surface area contributed by atoms with Gasteiger partial charge in [0.15, 0.2) is 0 Å². The van der Waals surface area contributed by atoms with Crippen molar-refractivity contribution in [1.82, 2.24) is 15.5 Å². The zero-order chi connectivity index (χ0) is 23.8. The van der Waals surface area contributed by atoms with Gasteiger partial charge in [0.05, 0.1) is 11.6 Å². The molecule has 1 aromatic carbocycles. The van der Waals surface area contributed by atoms with Gasteiger partial charge in [-0.05, 0) is 55.8 Å². The molecule has 1 saturated carbocycles. The molecule has 2 atom stereocenters. The molecule has 8 nitrogen and oxygen atoms in total. The van der Waals surface area contributed by atoms with Crippen molar-refractivity contribution >= 4 is 17.6 Å². The summed E-state index contributed by atoms with van der Waals surface area (Å²) < 4.78 is 0. The molecule has 0 unspecified atom stereocenters. The minimum atomic E-state index is -0.458. The molecule has 1 aliphatic carbocycles. The highest BCUT2D eigenvalue weighted by atomic mass is 16.3. The second-order valence-electron chi connectivity index (χ2n) is 9.42. The first-order chi connectivity index (χ1) is 15.9. The summed E-state index contributed by atoms with van der Waals surface area (Å²) in [5.74, 6) is 0.178. The number of hydrogen-bond donors (Lipinski definition) is 5. The number of benzene rings is 1. The molecule has 0 spiro atoms. The molecule has 1 aromatic rings. The fraction of sp³-hybridized carbons (Fsp3) is 0.640. The number of amidine groups is 1. The maximum absolute atomic E-state index is 13.5. The zero-order valence-corrected chi connectivity index (χ0v) is 19.7. The molecular formula is C25H39N5O3. The van der Waals surface area contributed by atoms with Crippen molar-refractivity contribution in [2.75, 3.05) is 13.1 Å². The first kappa shape index (κ1) is 25.0. The van der Waals surface area contributed by atoms with Crippen LogP contribution in [0.1, 0.15) is 75.8 Å². The third-order valence-corrected chi connectivity index (χ3v) is 6.89. The van der Waals surface area contributed by atoms with Gasteiger partial charge in [-0.25, -0.2) is 0 Å². The predicted molar refractivity (Wildman–Crippen MR) is 129 cm³/mol. The van der Waals surface area contributed by atoms with Crippen molar-refractivity contribution < 1.29 is 14.7 Å². The van der Waals surface area contributed by atoms with E-state index in [0.29, 0.717) is 24.4 Å². The summed E-state index contributed by atoms with van der Waals surface area (Å²) in [7, 11) is 0. The fourth-order valence-corrected chi connectivity index (χ4v) is 5.07. The largest absolute Gasteiger partial charge is 0.507 e. The minimum Gasteiger partial charge on any atom is -0.507 e. The molecule has 6 N–H and O–H groups in total. The summed E-state index contributed by atoms with van der Waals surface area (Å²) in [4.78, 5) is 28.2. The molecule has 3 rings (SSSR count). The third kappa shape index (κ3) is 6.69. The van der Waals surface area contributed by atoms with E-state index in [1.807, 2.05) is 0 Å². The average molecular weight is 458 g/mol. The van der Waals surface area contributed by atoms with Gasteiger partial charge >= 0.3 is 0 Å². The van der Waals surface area contributed by atoms with Crippen LogP contribution in [0.25, 0.3) is 0 Å². The van der Waals surface area contributed by atoms with Crippen molar-refractivity contribution in [2.45, 2.75) is 83.3 Å². The number of hydrogen-bond acceptors (Lipinski definition) is 5. The van der Waals surface area contributed by atoms with Crippen LogP contribution in [0.15, 0.2) is 18.2 Å². The number of aromatic hydroxyl groups is 1. The number of nitrogens with one attached hydrogen (secondary N) is 3. The lowest BCUT2D eigenvalue weighted by atomic mass is 9.84. The Morgan fingerprint density at radius 1 is 1.21 bits per heavy atom. The van der Waals surface area contributed by atoms with Crippen molar-refractivity contribution in [3.05, 3.63) is 29.3 Å². The quantitative estimate of drug-likeness (QED) is 0.272. The monoisotopic (exact) mass is 457 g/mol. The molecule has 2 aliphatic rings. The lowest BCUT2D eigenvalue weighted by Crippen LogP contribution is -2.53. The average Bonchev–Trinajstić information content (AvgIpc) is 3.30. The molecule has 1 saturated heterocycles. The van der Waals surface area contributed by atoms with E-state index < -0.39 is 6.04 Å². The van der Waals surface area contributed by atoms with E-state index in [1.54, 1.807) is 17.0 Å². The molecule has 0 radical (unpaired) electrons. The number of nitrogens with two attached hydrogens (primary N) is 1. The Kier molecular flexibility index (Phi) is 9.11. The van der Waals surface area contributed by atoms with E-state index >= 15 is 0 Å². The van der Waals surface area contributed by atoms with Crippen LogP contribution in [0.4, 0.5) is 0 Å². The van der Waals surface area contributed by atoms with Gasteiger partial charge in [0.1, 0.15) is 17.6 Å². The Labute approximate surface area is 196 Å². The van der Waals surface area contributed by atoms with Crippen LogP contribution in [0.2, 0.25) is 0 Å². The van der Waals surface area contributed by atoms with Crippen LogP contribution in [-0.4, -0.2) is 52.8 Å². The van der Waals surface area contributed by atoms with E-state index in [-0.39, 0.29) is 41.5 Å². The van der Waals surface area contributed by atoms with Gasteiger partial charge < -0.3 is 26.4 Å². The maximum atomic E-state index is 13.5. The molecule has 2 amide bonds. The molecule has 0 aromatic heterocycles. The first-order valence-electron chi connectivity index (χ1n) is 12.4. The molecule has 0 bridgehead atoms. The number of likely N-dealkylation sites (tertiary alicyclic amines) is 1. The van der Waals surface area contributed by atoms with E-state index in [4.69, 9.17) is 11.1 Å². The topological polar surface area (TPSA) is 132 Å². The highest BCUT2D eigenvalue weighted by molar-refractivity contribution is 5.97. The Hall–Kier alpha value is -2.61. The van der Waals surface area contributed by atoms with Crippen molar-refractivity contribution in [2.24, 2.45) is 11.7 Å². The number of phenols is 1.